The summed E-state index contributed by atoms with van der Waals surface area (Å²) in [6.07, 6.45) is 0. The average molecular weight is 526 g/mol. The Labute approximate surface area is 236 Å². The van der Waals surface area contributed by atoms with Crippen LogP contribution in [-0.2, 0) is 0 Å². The van der Waals surface area contributed by atoms with E-state index < -0.39 is 0 Å². The summed E-state index contributed by atoms with van der Waals surface area (Å²) in [4.78, 5) is 2.67. The van der Waals surface area contributed by atoms with Crippen LogP contribution < -0.4 is 0 Å². The number of hydrogen-bond acceptors (Lipinski definition) is 1. The Hall–Kier alpha value is -4.79. The van der Waals surface area contributed by atoms with Crippen LogP contribution in [0.2, 0.25) is 0 Å². The molecule has 0 amide bonds. The second-order valence-electron chi connectivity index (χ2n) is 10.6. The predicted octanol–water partition coefficient (Wildman–Crippen LogP) is 10.9. The standard InChI is InChI=1S/C38H23NS/c1-2-10-28(11-3-1)39-34-14-5-4-12-30(34)32-20-17-27-22-25(16-19-29(27)38(32)39)26-18-21-35-33(23-26)31-13-6-8-24-9-7-15-36(40-35)37(24)31/h1-23H. The summed E-state index contributed by atoms with van der Waals surface area (Å²) in [6.45, 7) is 0. The number of para-hydroxylation sites is 2. The third-order valence-electron chi connectivity index (χ3n) is 8.35. The average Bonchev–Trinajstić information content (AvgIpc) is 3.36. The second-order valence-corrected chi connectivity index (χ2v) is 11.6. The molecule has 0 fully saturated rings. The first-order chi connectivity index (χ1) is 19.8. The fourth-order valence-electron chi connectivity index (χ4n) is 6.56. The Morgan fingerprint density at radius 2 is 1.23 bits per heavy atom. The van der Waals surface area contributed by atoms with E-state index in [4.69, 9.17) is 0 Å². The van der Waals surface area contributed by atoms with Crippen molar-refractivity contribution in [3.63, 3.8) is 0 Å². The summed E-state index contributed by atoms with van der Waals surface area (Å²) >= 11 is 1.88. The van der Waals surface area contributed by atoms with Gasteiger partial charge in [-0.25, -0.2) is 0 Å². The van der Waals surface area contributed by atoms with Gasteiger partial charge >= 0.3 is 0 Å². The van der Waals surface area contributed by atoms with Gasteiger partial charge in [0, 0.05) is 37.0 Å². The molecule has 1 nitrogen and oxygen atoms in total. The maximum atomic E-state index is 2.42. The van der Waals surface area contributed by atoms with Crippen LogP contribution in [0.3, 0.4) is 0 Å². The molecule has 1 aliphatic heterocycles. The molecular weight excluding hydrogens is 502 g/mol. The zero-order valence-corrected chi connectivity index (χ0v) is 22.5. The van der Waals surface area contributed by atoms with E-state index in [9.17, 15) is 0 Å². The van der Waals surface area contributed by atoms with E-state index >= 15 is 0 Å². The Balaban J connectivity index is 1.26. The highest BCUT2D eigenvalue weighted by Crippen LogP contribution is 2.49. The molecule has 8 aromatic rings. The number of aromatic nitrogens is 1. The molecule has 40 heavy (non-hydrogen) atoms. The van der Waals surface area contributed by atoms with Crippen molar-refractivity contribution in [3.05, 3.63) is 140 Å². The lowest BCUT2D eigenvalue weighted by Gasteiger charge is -2.21. The molecule has 0 bridgehead atoms. The highest BCUT2D eigenvalue weighted by molar-refractivity contribution is 7.99. The molecule has 0 aliphatic carbocycles. The highest BCUT2D eigenvalue weighted by atomic mass is 32.2. The molecule has 186 valence electrons. The van der Waals surface area contributed by atoms with Crippen LogP contribution in [-0.4, -0.2) is 4.57 Å². The van der Waals surface area contributed by atoms with Gasteiger partial charge in [0.2, 0.25) is 0 Å². The lowest BCUT2D eigenvalue weighted by Crippen LogP contribution is -1.94. The lowest BCUT2D eigenvalue weighted by atomic mass is 9.93. The van der Waals surface area contributed by atoms with Crippen LogP contribution in [0.25, 0.3) is 71.3 Å². The van der Waals surface area contributed by atoms with E-state index in [-0.39, 0.29) is 0 Å². The Kier molecular flexibility index (Phi) is 4.61. The Bertz CT molecular complexity index is 2290. The Morgan fingerprint density at radius 1 is 0.450 bits per heavy atom. The highest BCUT2D eigenvalue weighted by Gasteiger charge is 2.20. The number of hydrogen-bond donors (Lipinski definition) is 0. The maximum absolute atomic E-state index is 2.42. The van der Waals surface area contributed by atoms with Crippen LogP contribution >= 0.6 is 11.8 Å². The lowest BCUT2D eigenvalue weighted by molar-refractivity contribution is 1.19. The van der Waals surface area contributed by atoms with E-state index in [1.807, 2.05) is 11.8 Å². The first-order valence-corrected chi connectivity index (χ1v) is 14.5. The van der Waals surface area contributed by atoms with Gasteiger partial charge in [-0.2, -0.15) is 0 Å². The molecular formula is C38H23NS. The summed E-state index contributed by atoms with van der Waals surface area (Å²) in [5, 5.41) is 7.78. The molecule has 2 heteroatoms. The zero-order chi connectivity index (χ0) is 26.2. The normalized spacial score (nSPS) is 12.4. The predicted molar refractivity (Wildman–Crippen MR) is 171 cm³/mol. The minimum absolute atomic E-state index is 1.19. The van der Waals surface area contributed by atoms with Gasteiger partial charge in [-0.3, -0.25) is 0 Å². The molecule has 9 rings (SSSR count). The number of rotatable bonds is 2. The van der Waals surface area contributed by atoms with Crippen LogP contribution in [0.4, 0.5) is 0 Å². The van der Waals surface area contributed by atoms with Crippen LogP contribution in [0.15, 0.2) is 149 Å². The smallest absolute Gasteiger partial charge is 0.0619 e. The van der Waals surface area contributed by atoms with Crippen molar-refractivity contribution in [1.82, 2.24) is 4.57 Å². The molecule has 0 saturated carbocycles. The largest absolute Gasteiger partial charge is 0.309 e. The third-order valence-corrected chi connectivity index (χ3v) is 9.49. The number of fused-ring (bicyclic) bond motifs is 7. The van der Waals surface area contributed by atoms with Crippen LogP contribution in [0.1, 0.15) is 0 Å². The van der Waals surface area contributed by atoms with Gasteiger partial charge in [-0.15, -0.1) is 0 Å². The van der Waals surface area contributed by atoms with Gasteiger partial charge in [-0.1, -0.05) is 109 Å². The molecule has 1 aromatic heterocycles. The van der Waals surface area contributed by atoms with Gasteiger partial charge in [-0.05, 0) is 75.5 Å². The second kappa shape index (κ2) is 8.35. The summed E-state index contributed by atoms with van der Waals surface area (Å²) < 4.78 is 2.42. The van der Waals surface area contributed by atoms with Crippen LogP contribution in [0, 0.1) is 0 Å². The van der Waals surface area contributed by atoms with Crippen molar-refractivity contribution >= 4 is 55.1 Å². The monoisotopic (exact) mass is 525 g/mol. The number of benzene rings is 7. The first-order valence-electron chi connectivity index (χ1n) is 13.7. The molecule has 0 N–H and O–H groups in total. The SMILES string of the molecule is c1ccc(-n2c3ccccc3c3ccc4cc(-c5ccc6c(c5)-c5cccc7cccc(c57)S6)ccc4c32)cc1. The molecule has 1 aliphatic rings. The van der Waals surface area contributed by atoms with Crippen molar-refractivity contribution < 1.29 is 0 Å². The fourth-order valence-corrected chi connectivity index (χ4v) is 7.69. The van der Waals surface area contributed by atoms with Crippen molar-refractivity contribution in [1.29, 1.82) is 0 Å². The zero-order valence-electron chi connectivity index (χ0n) is 21.6. The molecule has 0 saturated heterocycles. The summed E-state index contributed by atoms with van der Waals surface area (Å²) in [5.41, 5.74) is 8.84. The van der Waals surface area contributed by atoms with Gasteiger partial charge in [0.15, 0.2) is 0 Å². The molecule has 2 heterocycles. The third kappa shape index (κ3) is 3.11. The van der Waals surface area contributed by atoms with Crippen molar-refractivity contribution in [2.75, 3.05) is 0 Å². The van der Waals surface area contributed by atoms with Crippen LogP contribution in [0.5, 0.6) is 0 Å². The van der Waals surface area contributed by atoms with E-state index in [0.29, 0.717) is 0 Å². The minimum Gasteiger partial charge on any atom is -0.309 e. The Morgan fingerprint density at radius 3 is 2.15 bits per heavy atom. The molecule has 7 aromatic carbocycles. The molecule has 0 unspecified atom stereocenters. The summed E-state index contributed by atoms with van der Waals surface area (Å²) in [7, 11) is 0. The van der Waals surface area contributed by atoms with Gasteiger partial charge in [0.05, 0.1) is 11.0 Å². The maximum Gasteiger partial charge on any atom is 0.0619 e. The topological polar surface area (TPSA) is 4.93 Å². The van der Waals surface area contributed by atoms with Crippen molar-refractivity contribution in [2.24, 2.45) is 0 Å². The molecule has 0 spiro atoms. The summed E-state index contributed by atoms with van der Waals surface area (Å²) in [5.74, 6) is 0. The fraction of sp³-hybridized carbons (Fsp3) is 0. The first kappa shape index (κ1) is 22.1. The van der Waals surface area contributed by atoms with Gasteiger partial charge in [0.1, 0.15) is 0 Å². The van der Waals surface area contributed by atoms with E-state index in [1.165, 1.54) is 81.1 Å². The molecule has 0 atom stereocenters. The van der Waals surface area contributed by atoms with E-state index in [0.717, 1.165) is 0 Å². The summed E-state index contributed by atoms with van der Waals surface area (Å²) in [6, 6.07) is 51.2. The van der Waals surface area contributed by atoms with Gasteiger partial charge < -0.3 is 4.57 Å². The van der Waals surface area contributed by atoms with Gasteiger partial charge in [0.25, 0.3) is 0 Å². The van der Waals surface area contributed by atoms with Crippen molar-refractivity contribution in [2.45, 2.75) is 9.79 Å². The minimum atomic E-state index is 1.19. The van der Waals surface area contributed by atoms with E-state index in [2.05, 4.69) is 144 Å². The van der Waals surface area contributed by atoms with E-state index in [1.54, 1.807) is 0 Å². The van der Waals surface area contributed by atoms with Crippen molar-refractivity contribution in [3.8, 4) is 27.9 Å². The quantitative estimate of drug-likeness (QED) is 0.217. The molecule has 0 radical (unpaired) electrons. The number of nitrogens with zero attached hydrogens (tertiary/aromatic N) is 1.